The number of benzene rings is 1. The predicted octanol–water partition coefficient (Wildman–Crippen LogP) is 1.48. The fourth-order valence-electron chi connectivity index (χ4n) is 1.73. The van der Waals surface area contributed by atoms with Crippen molar-refractivity contribution in [2.75, 3.05) is 11.9 Å². The van der Waals surface area contributed by atoms with Crippen molar-refractivity contribution in [3.05, 3.63) is 23.8 Å². The van der Waals surface area contributed by atoms with E-state index in [9.17, 15) is 8.42 Å². The third kappa shape index (κ3) is 2.84. The number of anilines is 1. The van der Waals surface area contributed by atoms with E-state index in [0.29, 0.717) is 17.0 Å². The molecular weight excluding hydrogens is 248 g/mol. The van der Waals surface area contributed by atoms with Gasteiger partial charge in [0.15, 0.2) is 0 Å². The number of hydrogen-bond acceptors (Lipinski definition) is 3. The zero-order chi connectivity index (χ0) is 13.2. The Hall–Kier alpha value is -1.51. The Morgan fingerprint density at radius 1 is 1.44 bits per heavy atom. The molecule has 4 nitrogen and oxygen atoms in total. The molecule has 1 aromatic carbocycles. The Morgan fingerprint density at radius 2 is 2.17 bits per heavy atom. The quantitative estimate of drug-likeness (QED) is 0.792. The summed E-state index contributed by atoms with van der Waals surface area (Å²) >= 11 is 0. The topological polar surface area (TPSA) is 58.2 Å². The maximum Gasteiger partial charge on any atom is 0.241 e. The van der Waals surface area contributed by atoms with Crippen molar-refractivity contribution in [1.82, 2.24) is 4.72 Å². The lowest BCUT2D eigenvalue weighted by atomic mass is 10.2. The van der Waals surface area contributed by atoms with Gasteiger partial charge in [-0.1, -0.05) is 12.0 Å². The van der Waals surface area contributed by atoms with Crippen LogP contribution in [0.2, 0.25) is 0 Å². The highest BCUT2D eigenvalue weighted by atomic mass is 32.2. The first-order valence-corrected chi connectivity index (χ1v) is 7.32. The lowest BCUT2D eigenvalue weighted by molar-refractivity contribution is 0.580. The number of sulfonamides is 1. The molecule has 0 heterocycles. The smallest absolute Gasteiger partial charge is 0.241 e. The molecule has 0 radical (unpaired) electrons. The van der Waals surface area contributed by atoms with Gasteiger partial charge in [0.25, 0.3) is 0 Å². The summed E-state index contributed by atoms with van der Waals surface area (Å²) in [6.45, 7) is 2.15. The summed E-state index contributed by atoms with van der Waals surface area (Å²) < 4.78 is 27.0. The third-order valence-electron chi connectivity index (χ3n) is 2.85. The maximum absolute atomic E-state index is 12.2. The van der Waals surface area contributed by atoms with Crippen molar-refractivity contribution in [2.24, 2.45) is 0 Å². The van der Waals surface area contributed by atoms with E-state index in [1.807, 2.05) is 6.07 Å². The van der Waals surface area contributed by atoms with Gasteiger partial charge in [-0.2, -0.15) is 0 Å². The second kappa shape index (κ2) is 5.01. The molecule has 0 amide bonds. The second-order valence-electron chi connectivity index (χ2n) is 4.38. The zero-order valence-corrected chi connectivity index (χ0v) is 11.0. The lowest BCUT2D eigenvalue weighted by Crippen LogP contribution is -2.26. The standard InChI is InChI=1S/C13H16N2O2S/c1-3-9-14-12-5-4-6-13(10(12)2)18(16,17)15-11-7-8-11/h1,4-6,11,14-15H,7-9H2,2H3. The minimum atomic E-state index is -3.42. The molecule has 96 valence electrons. The fraction of sp³-hybridized carbons (Fsp3) is 0.385. The first-order chi connectivity index (χ1) is 8.54. The highest BCUT2D eigenvalue weighted by Crippen LogP contribution is 2.26. The number of nitrogens with one attached hydrogen (secondary N) is 2. The molecule has 1 aromatic rings. The normalized spacial score (nSPS) is 15.1. The molecule has 1 aliphatic rings. The second-order valence-corrected chi connectivity index (χ2v) is 6.06. The van der Waals surface area contributed by atoms with Crippen LogP contribution in [0.3, 0.4) is 0 Å². The van der Waals surface area contributed by atoms with Crippen LogP contribution in [0.5, 0.6) is 0 Å². The van der Waals surface area contributed by atoms with E-state index in [2.05, 4.69) is 16.0 Å². The van der Waals surface area contributed by atoms with Crippen molar-refractivity contribution in [3.8, 4) is 12.3 Å². The first kappa shape index (κ1) is 12.9. The van der Waals surface area contributed by atoms with Crippen LogP contribution in [-0.2, 0) is 10.0 Å². The SMILES string of the molecule is C#CCNc1cccc(S(=O)(=O)NC2CC2)c1C. The van der Waals surface area contributed by atoms with Crippen LogP contribution in [0.1, 0.15) is 18.4 Å². The Balaban J connectivity index is 2.30. The van der Waals surface area contributed by atoms with Gasteiger partial charge in [0.05, 0.1) is 11.4 Å². The number of rotatable bonds is 5. The van der Waals surface area contributed by atoms with Crippen LogP contribution in [0.4, 0.5) is 5.69 Å². The van der Waals surface area contributed by atoms with E-state index in [1.54, 1.807) is 19.1 Å². The fourth-order valence-corrected chi connectivity index (χ4v) is 3.30. The van der Waals surface area contributed by atoms with Gasteiger partial charge in [0.1, 0.15) is 0 Å². The first-order valence-electron chi connectivity index (χ1n) is 5.84. The van der Waals surface area contributed by atoms with E-state index in [4.69, 9.17) is 6.42 Å². The van der Waals surface area contributed by atoms with Gasteiger partial charge in [-0.25, -0.2) is 13.1 Å². The molecule has 0 saturated heterocycles. The highest BCUT2D eigenvalue weighted by Gasteiger charge is 2.29. The van der Waals surface area contributed by atoms with Crippen LogP contribution >= 0.6 is 0 Å². The largest absolute Gasteiger partial charge is 0.374 e. The van der Waals surface area contributed by atoms with E-state index in [-0.39, 0.29) is 6.04 Å². The average molecular weight is 264 g/mol. The summed E-state index contributed by atoms with van der Waals surface area (Å²) in [6, 6.07) is 5.26. The van der Waals surface area contributed by atoms with Gasteiger partial charge in [-0.3, -0.25) is 0 Å². The lowest BCUT2D eigenvalue weighted by Gasteiger charge is -2.12. The molecule has 0 aliphatic heterocycles. The summed E-state index contributed by atoms with van der Waals surface area (Å²) in [4.78, 5) is 0.316. The zero-order valence-electron chi connectivity index (χ0n) is 10.2. The van der Waals surface area contributed by atoms with Crippen LogP contribution in [0.15, 0.2) is 23.1 Å². The van der Waals surface area contributed by atoms with Crippen molar-refractivity contribution in [1.29, 1.82) is 0 Å². The predicted molar refractivity (Wildman–Crippen MR) is 71.8 cm³/mol. The van der Waals surface area contributed by atoms with Crippen molar-refractivity contribution in [3.63, 3.8) is 0 Å². The van der Waals surface area contributed by atoms with Crippen LogP contribution in [0, 0.1) is 19.3 Å². The minimum absolute atomic E-state index is 0.108. The van der Waals surface area contributed by atoms with Gasteiger partial charge in [0.2, 0.25) is 10.0 Å². The van der Waals surface area contributed by atoms with Gasteiger partial charge in [-0.15, -0.1) is 6.42 Å². The molecule has 0 spiro atoms. The van der Waals surface area contributed by atoms with Crippen LogP contribution < -0.4 is 10.0 Å². The van der Waals surface area contributed by atoms with Crippen LogP contribution in [0.25, 0.3) is 0 Å². The maximum atomic E-state index is 12.2. The van der Waals surface area contributed by atoms with Gasteiger partial charge in [0, 0.05) is 11.7 Å². The van der Waals surface area contributed by atoms with E-state index < -0.39 is 10.0 Å². The third-order valence-corrected chi connectivity index (χ3v) is 4.52. The Morgan fingerprint density at radius 3 is 2.78 bits per heavy atom. The Labute approximate surface area is 108 Å². The summed E-state index contributed by atoms with van der Waals surface area (Å²) in [5.74, 6) is 2.47. The molecular formula is C13H16N2O2S. The van der Waals surface area contributed by atoms with Gasteiger partial charge >= 0.3 is 0 Å². The highest BCUT2D eigenvalue weighted by molar-refractivity contribution is 7.89. The molecule has 1 saturated carbocycles. The molecule has 0 atom stereocenters. The molecule has 18 heavy (non-hydrogen) atoms. The molecule has 0 unspecified atom stereocenters. The van der Waals surface area contributed by atoms with Crippen molar-refractivity contribution >= 4 is 15.7 Å². The summed E-state index contributed by atoms with van der Waals surface area (Å²) in [6.07, 6.45) is 7.03. The molecule has 5 heteroatoms. The summed E-state index contributed by atoms with van der Waals surface area (Å²) in [5.41, 5.74) is 1.45. The molecule has 1 fully saturated rings. The van der Waals surface area contributed by atoms with Gasteiger partial charge in [-0.05, 0) is 37.5 Å². The number of hydrogen-bond donors (Lipinski definition) is 2. The summed E-state index contributed by atoms with van der Waals surface area (Å²) in [7, 11) is -3.42. The van der Waals surface area contributed by atoms with E-state index in [0.717, 1.165) is 18.5 Å². The molecule has 0 aromatic heterocycles. The Bertz CT molecular complexity index is 583. The Kier molecular flexibility index (Phi) is 3.60. The summed E-state index contributed by atoms with van der Waals surface area (Å²) in [5, 5.41) is 3.02. The van der Waals surface area contributed by atoms with Crippen molar-refractivity contribution in [2.45, 2.75) is 30.7 Å². The van der Waals surface area contributed by atoms with E-state index in [1.165, 1.54) is 0 Å². The molecule has 2 N–H and O–H groups in total. The minimum Gasteiger partial charge on any atom is -0.374 e. The average Bonchev–Trinajstić information content (AvgIpc) is 3.10. The van der Waals surface area contributed by atoms with Crippen LogP contribution in [-0.4, -0.2) is 21.0 Å². The van der Waals surface area contributed by atoms with Gasteiger partial charge < -0.3 is 5.32 Å². The molecule has 2 rings (SSSR count). The van der Waals surface area contributed by atoms with E-state index >= 15 is 0 Å². The molecule has 0 bridgehead atoms. The molecule has 1 aliphatic carbocycles. The monoisotopic (exact) mass is 264 g/mol. The number of terminal acetylenes is 1. The van der Waals surface area contributed by atoms with Crippen molar-refractivity contribution < 1.29 is 8.42 Å².